The van der Waals surface area contributed by atoms with Crippen LogP contribution in [0.25, 0.3) is 0 Å². The number of carbonyl (C=O) groups excluding carboxylic acids is 8. The second-order valence-electron chi connectivity index (χ2n) is 17.2. The van der Waals surface area contributed by atoms with Crippen molar-refractivity contribution < 1.29 is 57.7 Å². The van der Waals surface area contributed by atoms with Gasteiger partial charge in [-0.3, -0.25) is 38.4 Å². The molecular formula is C53H54BrN5O12S. The summed E-state index contributed by atoms with van der Waals surface area (Å²) in [5.41, 5.74) is 2.70. The Hall–Kier alpha value is -7.51. The van der Waals surface area contributed by atoms with E-state index in [-0.39, 0.29) is 37.8 Å². The second kappa shape index (κ2) is 26.1. The minimum absolute atomic E-state index is 0.0554. The van der Waals surface area contributed by atoms with E-state index in [0.717, 1.165) is 23.9 Å². The highest BCUT2D eigenvalue weighted by Crippen LogP contribution is 2.22. The van der Waals surface area contributed by atoms with E-state index in [0.29, 0.717) is 28.0 Å². The van der Waals surface area contributed by atoms with E-state index in [1.807, 2.05) is 30.3 Å². The van der Waals surface area contributed by atoms with Gasteiger partial charge in [-0.2, -0.15) is 0 Å². The molecule has 2 bridgehead atoms. The van der Waals surface area contributed by atoms with Gasteiger partial charge in [0.15, 0.2) is 5.78 Å². The van der Waals surface area contributed by atoms with Crippen molar-refractivity contribution in [2.45, 2.75) is 95.2 Å². The third kappa shape index (κ3) is 16.3. The molecule has 72 heavy (non-hydrogen) atoms. The van der Waals surface area contributed by atoms with Crippen molar-refractivity contribution in [2.75, 3.05) is 5.32 Å². The van der Waals surface area contributed by atoms with Crippen LogP contribution in [0.1, 0.15) is 53.8 Å². The molecular weight excluding hydrogens is 1010 g/mol. The maximum Gasteiger partial charge on any atom is 0.326 e. The molecule has 6 N–H and O–H groups in total. The van der Waals surface area contributed by atoms with E-state index < -0.39 is 102 Å². The Morgan fingerprint density at radius 2 is 1.22 bits per heavy atom. The smallest absolute Gasteiger partial charge is 0.326 e. The number of aryl methyl sites for hydroxylation is 1. The number of carboxylic acids is 1. The van der Waals surface area contributed by atoms with Crippen molar-refractivity contribution in [3.05, 3.63) is 158 Å². The minimum Gasteiger partial charge on any atom is -0.480 e. The number of ketones is 1. The van der Waals surface area contributed by atoms with Gasteiger partial charge in [0, 0.05) is 60.5 Å². The fourth-order valence-corrected chi connectivity index (χ4v) is 9.06. The summed E-state index contributed by atoms with van der Waals surface area (Å²) in [7, 11) is 0. The standard InChI is InChI=1S/C53H54BrN5O12S/c1-31(60)70-46-47(71-32(2)61)52(67)58-43(30-40-14-9-25-72-40)50(65)57-42(27-36-15-20-38(54)21-16-36)49(64)56-41(24-19-33-10-5-3-6-11-33)45(62)29-37(26-35-17-22-39(23-18-35)55-51(46)66)48(63)59-44(53(68)69)28-34-12-7-4-8-13-34/h3-18,20-23,25,37,41-44,46-47H,19,24,26-30H2,1-2H3,(H,55,66)(H,56,64)(H,57,65)(H,58,67)(H,59,63)(H,68,69)/t37-,41+,42-,43+,44+,46-,47-/m1/s1. The Morgan fingerprint density at radius 3 is 1.81 bits per heavy atom. The molecule has 3 heterocycles. The third-order valence-electron chi connectivity index (χ3n) is 11.7. The third-order valence-corrected chi connectivity index (χ3v) is 13.1. The number of thiophene rings is 1. The molecule has 17 nitrogen and oxygen atoms in total. The van der Waals surface area contributed by atoms with E-state index in [4.69, 9.17) is 9.47 Å². The van der Waals surface area contributed by atoms with Gasteiger partial charge in [-0.15, -0.1) is 11.3 Å². The highest BCUT2D eigenvalue weighted by atomic mass is 79.9. The lowest BCUT2D eigenvalue weighted by atomic mass is 9.89. The average Bonchev–Trinajstić information content (AvgIpc) is 3.87. The molecule has 5 amide bonds. The molecule has 0 saturated carbocycles. The Bertz CT molecular complexity index is 2710. The number of ether oxygens (including phenoxy) is 2. The number of hydrogen-bond donors (Lipinski definition) is 6. The second-order valence-corrected chi connectivity index (χ2v) is 19.2. The zero-order chi connectivity index (χ0) is 51.7. The highest BCUT2D eigenvalue weighted by molar-refractivity contribution is 9.10. The molecule has 1 aromatic heterocycles. The number of hydrogen-bond acceptors (Lipinski definition) is 12. The maximum absolute atomic E-state index is 14.8. The van der Waals surface area contributed by atoms with Crippen LogP contribution in [0, 0.1) is 5.92 Å². The van der Waals surface area contributed by atoms with Gasteiger partial charge in [-0.25, -0.2) is 4.79 Å². The summed E-state index contributed by atoms with van der Waals surface area (Å²) in [5.74, 6) is -9.73. The van der Waals surface area contributed by atoms with Crippen LogP contribution in [0.3, 0.4) is 0 Å². The van der Waals surface area contributed by atoms with E-state index in [1.54, 1.807) is 84.2 Å². The molecule has 7 rings (SSSR count). The van der Waals surface area contributed by atoms with Crippen LogP contribution in [0.15, 0.2) is 131 Å². The van der Waals surface area contributed by atoms with E-state index in [9.17, 15) is 48.3 Å². The fraction of sp³-hybridized carbons (Fsp3) is 0.302. The van der Waals surface area contributed by atoms with Gasteiger partial charge in [-0.05, 0) is 77.2 Å². The van der Waals surface area contributed by atoms with E-state index in [1.165, 1.54) is 23.5 Å². The summed E-state index contributed by atoms with van der Waals surface area (Å²) in [4.78, 5) is 125. The molecule has 0 spiro atoms. The molecule has 2 aliphatic heterocycles. The number of carbonyl (C=O) groups is 9. The lowest BCUT2D eigenvalue weighted by Crippen LogP contribution is -2.59. The number of rotatable bonds is 14. The molecule has 376 valence electrons. The predicted octanol–water partition coefficient (Wildman–Crippen LogP) is 4.83. The fourth-order valence-electron chi connectivity index (χ4n) is 8.04. The van der Waals surface area contributed by atoms with Crippen molar-refractivity contribution in [1.82, 2.24) is 21.3 Å². The first-order chi connectivity index (χ1) is 34.5. The highest BCUT2D eigenvalue weighted by Gasteiger charge is 2.42. The number of esters is 2. The van der Waals surface area contributed by atoms with E-state index in [2.05, 4.69) is 42.5 Å². The van der Waals surface area contributed by atoms with Crippen LogP contribution in [0.4, 0.5) is 5.69 Å². The number of nitrogens with one attached hydrogen (secondary N) is 5. The maximum atomic E-state index is 14.8. The van der Waals surface area contributed by atoms with Gasteiger partial charge in [-0.1, -0.05) is 107 Å². The molecule has 2 aliphatic rings. The van der Waals surface area contributed by atoms with Gasteiger partial charge in [0.05, 0.1) is 6.04 Å². The largest absolute Gasteiger partial charge is 0.480 e. The first-order valence-electron chi connectivity index (χ1n) is 23.1. The van der Waals surface area contributed by atoms with Crippen molar-refractivity contribution in [2.24, 2.45) is 5.92 Å². The number of amides is 5. The zero-order valence-electron chi connectivity index (χ0n) is 39.3. The molecule has 7 atom stereocenters. The summed E-state index contributed by atoms with van der Waals surface area (Å²) in [6, 6.07) is 28.8. The monoisotopic (exact) mass is 1060 g/mol. The van der Waals surface area contributed by atoms with Gasteiger partial charge in [0.2, 0.25) is 29.9 Å². The van der Waals surface area contributed by atoms with Crippen LogP contribution in [-0.2, 0) is 84.7 Å². The lowest BCUT2D eigenvalue weighted by molar-refractivity contribution is -0.173. The number of aliphatic carboxylic acids is 1. The normalized spacial score (nSPS) is 20.6. The summed E-state index contributed by atoms with van der Waals surface area (Å²) < 4.78 is 11.4. The zero-order valence-corrected chi connectivity index (χ0v) is 41.7. The van der Waals surface area contributed by atoms with Gasteiger partial charge >= 0.3 is 17.9 Å². The Kier molecular flexibility index (Phi) is 19.5. The SMILES string of the molecule is CC(=O)O[C@H]1C(=O)Nc2ccc(cc2)C[C@@H](C(=O)N[C@@H](Cc2ccccc2)C(=O)O)CC(=O)[C@H](CCc2ccccc2)NC(=O)[C@@H](Cc2ccc(Br)cc2)NC(=O)[C@H](Cc2cccs2)NC(=O)[C@@H]1OC(C)=O. The van der Waals surface area contributed by atoms with E-state index >= 15 is 0 Å². The first kappa shape index (κ1) is 53.8. The minimum atomic E-state index is -2.12. The molecule has 19 heteroatoms. The van der Waals surface area contributed by atoms with Gasteiger partial charge < -0.3 is 41.2 Å². The van der Waals surface area contributed by atoms with Crippen LogP contribution >= 0.6 is 27.3 Å². The number of benzene rings is 4. The topological polar surface area (TPSA) is 252 Å². The summed E-state index contributed by atoms with van der Waals surface area (Å²) in [5, 5.41) is 25.4. The van der Waals surface area contributed by atoms with Crippen molar-refractivity contribution in [3.8, 4) is 0 Å². The Labute approximate surface area is 428 Å². The molecule has 0 saturated heterocycles. The summed E-state index contributed by atoms with van der Waals surface area (Å²) >= 11 is 4.68. The number of carboxylic acid groups (broad SMARTS) is 1. The molecule has 0 unspecified atom stereocenters. The predicted molar refractivity (Wildman–Crippen MR) is 269 cm³/mol. The summed E-state index contributed by atoms with van der Waals surface area (Å²) in [6.45, 7) is 1.96. The molecule has 0 radical (unpaired) electrons. The molecule has 0 fully saturated rings. The average molecular weight is 1070 g/mol. The lowest BCUT2D eigenvalue weighted by Gasteiger charge is -2.28. The van der Waals surface area contributed by atoms with Gasteiger partial charge in [0.1, 0.15) is 18.1 Å². The number of fused-ring (bicyclic) bond motifs is 18. The van der Waals surface area contributed by atoms with Crippen LogP contribution < -0.4 is 26.6 Å². The molecule has 5 aromatic rings. The van der Waals surface area contributed by atoms with Crippen LogP contribution in [0.5, 0.6) is 0 Å². The number of halogens is 1. The Morgan fingerprint density at radius 1 is 0.653 bits per heavy atom. The Balaban J connectivity index is 1.44. The number of anilines is 1. The van der Waals surface area contributed by atoms with Crippen molar-refractivity contribution >= 4 is 86.2 Å². The van der Waals surface area contributed by atoms with Crippen molar-refractivity contribution in [1.29, 1.82) is 0 Å². The molecule has 0 aliphatic carbocycles. The molecule has 4 aromatic carbocycles. The summed E-state index contributed by atoms with van der Waals surface area (Å²) in [6.07, 6.45) is -4.67. The van der Waals surface area contributed by atoms with Gasteiger partial charge in [0.25, 0.3) is 11.8 Å². The van der Waals surface area contributed by atoms with Crippen LogP contribution in [0.2, 0.25) is 0 Å². The quantitative estimate of drug-likeness (QED) is 0.0647. The first-order valence-corrected chi connectivity index (χ1v) is 24.7. The van der Waals surface area contributed by atoms with Crippen molar-refractivity contribution in [3.63, 3.8) is 0 Å². The van der Waals surface area contributed by atoms with Crippen LogP contribution in [-0.4, -0.2) is 94.7 Å². The number of Topliss-reactive ketones (excluding diaryl/α,β-unsaturated/α-hetero) is 1.